The van der Waals surface area contributed by atoms with E-state index in [4.69, 9.17) is 16.3 Å². The minimum absolute atomic E-state index is 0.0265. The zero-order valence-corrected chi connectivity index (χ0v) is 15.8. The molecule has 3 rings (SSSR count). The number of nitrogens with zero attached hydrogens (tertiary/aromatic N) is 1. The van der Waals surface area contributed by atoms with Gasteiger partial charge in [-0.3, -0.25) is 4.31 Å². The molecule has 2 aromatic carbocycles. The smallest absolute Gasteiger partial charge is 0.338 e. The molecule has 0 spiro atoms. The summed E-state index contributed by atoms with van der Waals surface area (Å²) in [7, 11) is -3.98. The number of esters is 1. The van der Waals surface area contributed by atoms with Gasteiger partial charge in [-0.1, -0.05) is 17.7 Å². The molecule has 1 heterocycles. The molecule has 138 valence electrons. The lowest BCUT2D eigenvalue weighted by Crippen LogP contribution is -2.44. The van der Waals surface area contributed by atoms with Crippen LogP contribution in [0.1, 0.15) is 29.8 Å². The molecular weight excluding hydrogens is 381 g/mol. The first-order valence-corrected chi connectivity index (χ1v) is 9.87. The first-order chi connectivity index (χ1) is 12.3. The lowest BCUT2D eigenvalue weighted by atomic mass is 10.1. The van der Waals surface area contributed by atoms with E-state index in [0.717, 1.165) is 10.4 Å². The number of benzene rings is 2. The highest BCUT2D eigenvalue weighted by Crippen LogP contribution is 2.36. The highest BCUT2D eigenvalue weighted by Gasteiger charge is 2.37. The monoisotopic (exact) mass is 397 g/mol. The molecule has 0 amide bonds. The number of hydrogen-bond acceptors (Lipinski definition) is 4. The van der Waals surface area contributed by atoms with Crippen molar-refractivity contribution in [2.45, 2.75) is 31.2 Å². The number of sulfonamides is 1. The van der Waals surface area contributed by atoms with Gasteiger partial charge in [0.25, 0.3) is 10.0 Å². The van der Waals surface area contributed by atoms with Crippen molar-refractivity contribution in [3.8, 4) is 0 Å². The van der Waals surface area contributed by atoms with Gasteiger partial charge in [-0.15, -0.1) is 0 Å². The number of carbonyl (C=O) groups is 1. The largest absolute Gasteiger partial charge is 0.462 e. The lowest BCUT2D eigenvalue weighted by Gasteiger charge is -2.35. The SMILES string of the molecule is CCOC(=O)c1ccc(N2C(C)Cc3ccc(Cl)cc3S2(=O)=O)c(F)c1. The van der Waals surface area contributed by atoms with E-state index in [2.05, 4.69) is 0 Å². The predicted octanol–water partition coefficient (Wildman–Crippen LogP) is 3.80. The maximum atomic E-state index is 14.7. The molecule has 0 saturated heterocycles. The van der Waals surface area contributed by atoms with Crippen molar-refractivity contribution in [2.24, 2.45) is 0 Å². The Bertz CT molecular complexity index is 977. The van der Waals surface area contributed by atoms with E-state index in [9.17, 15) is 17.6 Å². The summed E-state index contributed by atoms with van der Waals surface area (Å²) in [6.07, 6.45) is 0.421. The van der Waals surface area contributed by atoms with Crippen molar-refractivity contribution in [3.05, 3.63) is 58.4 Å². The molecular formula is C18H17ClFNO4S. The van der Waals surface area contributed by atoms with E-state index in [-0.39, 0.29) is 22.8 Å². The second-order valence-corrected chi connectivity index (χ2v) is 8.21. The molecule has 0 aromatic heterocycles. The normalized spacial score (nSPS) is 18.3. The second kappa shape index (κ2) is 6.89. The van der Waals surface area contributed by atoms with E-state index in [1.54, 1.807) is 26.0 Å². The number of ether oxygens (including phenoxy) is 1. The van der Waals surface area contributed by atoms with Crippen LogP contribution >= 0.6 is 11.6 Å². The van der Waals surface area contributed by atoms with Crippen LogP contribution in [-0.2, 0) is 21.2 Å². The average Bonchev–Trinajstić information content (AvgIpc) is 2.57. The number of fused-ring (bicyclic) bond motifs is 1. The summed E-state index contributed by atoms with van der Waals surface area (Å²) in [5, 5.41) is 0.292. The third kappa shape index (κ3) is 3.17. The van der Waals surface area contributed by atoms with Crippen LogP contribution < -0.4 is 4.31 Å². The van der Waals surface area contributed by atoms with E-state index in [1.807, 2.05) is 0 Å². The highest BCUT2D eigenvalue weighted by molar-refractivity contribution is 7.93. The van der Waals surface area contributed by atoms with Gasteiger partial charge in [0.1, 0.15) is 5.82 Å². The number of carbonyl (C=O) groups excluding carboxylic acids is 1. The minimum atomic E-state index is -3.98. The highest BCUT2D eigenvalue weighted by atomic mass is 35.5. The van der Waals surface area contributed by atoms with E-state index in [0.29, 0.717) is 17.0 Å². The van der Waals surface area contributed by atoms with E-state index >= 15 is 0 Å². The first-order valence-electron chi connectivity index (χ1n) is 8.05. The Morgan fingerprint density at radius 3 is 2.69 bits per heavy atom. The van der Waals surface area contributed by atoms with Crippen molar-refractivity contribution >= 4 is 33.3 Å². The number of rotatable bonds is 3. The summed E-state index contributed by atoms with van der Waals surface area (Å²) in [5.41, 5.74) is 0.552. The molecule has 1 atom stereocenters. The molecule has 0 aliphatic carbocycles. The fourth-order valence-corrected chi connectivity index (χ4v) is 5.24. The third-order valence-electron chi connectivity index (χ3n) is 4.18. The van der Waals surface area contributed by atoms with Gasteiger partial charge in [0.2, 0.25) is 0 Å². The quantitative estimate of drug-likeness (QED) is 0.739. The van der Waals surface area contributed by atoms with Gasteiger partial charge in [-0.2, -0.15) is 0 Å². The average molecular weight is 398 g/mol. The molecule has 1 unspecified atom stereocenters. The molecule has 8 heteroatoms. The Hall–Kier alpha value is -2.12. The summed E-state index contributed by atoms with van der Waals surface area (Å²) in [6, 6.07) is 7.81. The Balaban J connectivity index is 2.08. The fourth-order valence-electron chi connectivity index (χ4n) is 3.08. The van der Waals surface area contributed by atoms with Crippen molar-refractivity contribution in [1.82, 2.24) is 0 Å². The Morgan fingerprint density at radius 1 is 1.31 bits per heavy atom. The minimum Gasteiger partial charge on any atom is -0.462 e. The van der Waals surface area contributed by atoms with Crippen molar-refractivity contribution in [3.63, 3.8) is 0 Å². The van der Waals surface area contributed by atoms with Crippen molar-refractivity contribution < 1.29 is 22.3 Å². The van der Waals surface area contributed by atoms with Gasteiger partial charge >= 0.3 is 5.97 Å². The standard InChI is InChI=1S/C18H17ClFNO4S/c1-3-25-18(22)13-5-7-16(15(20)9-13)21-11(2)8-12-4-6-14(19)10-17(12)26(21,23)24/h4-7,9-11H,3,8H2,1-2H3. The summed E-state index contributed by atoms with van der Waals surface area (Å²) in [6.45, 7) is 3.51. The molecule has 0 bridgehead atoms. The van der Waals surface area contributed by atoms with Gasteiger partial charge in [0, 0.05) is 11.1 Å². The van der Waals surface area contributed by atoms with Crippen LogP contribution in [0.4, 0.5) is 10.1 Å². The third-order valence-corrected chi connectivity index (χ3v) is 6.42. The molecule has 0 fully saturated rings. The molecule has 0 saturated carbocycles. The van der Waals surface area contributed by atoms with Crippen LogP contribution in [0.2, 0.25) is 5.02 Å². The van der Waals surface area contributed by atoms with Gasteiger partial charge in [-0.25, -0.2) is 17.6 Å². The van der Waals surface area contributed by atoms with Gasteiger partial charge in [0.15, 0.2) is 0 Å². The maximum Gasteiger partial charge on any atom is 0.338 e. The van der Waals surface area contributed by atoms with Crippen LogP contribution in [0.25, 0.3) is 0 Å². The maximum absolute atomic E-state index is 14.7. The molecule has 2 aromatic rings. The zero-order chi connectivity index (χ0) is 19.1. The van der Waals surface area contributed by atoms with Crippen LogP contribution in [0, 0.1) is 5.82 Å². The van der Waals surface area contributed by atoms with Crippen LogP contribution in [0.15, 0.2) is 41.3 Å². The lowest BCUT2D eigenvalue weighted by molar-refractivity contribution is 0.0526. The molecule has 1 aliphatic heterocycles. The van der Waals surface area contributed by atoms with Gasteiger partial charge in [0.05, 0.1) is 22.8 Å². The van der Waals surface area contributed by atoms with Crippen LogP contribution in [-0.4, -0.2) is 27.0 Å². The molecule has 1 aliphatic rings. The van der Waals surface area contributed by atoms with Crippen molar-refractivity contribution in [2.75, 3.05) is 10.9 Å². The zero-order valence-electron chi connectivity index (χ0n) is 14.2. The number of hydrogen-bond donors (Lipinski definition) is 0. The van der Waals surface area contributed by atoms with Gasteiger partial charge in [-0.05, 0) is 56.2 Å². The summed E-state index contributed by atoms with van der Waals surface area (Å²) >= 11 is 5.94. The molecule has 5 nitrogen and oxygen atoms in total. The summed E-state index contributed by atoms with van der Waals surface area (Å²) in [5.74, 6) is -1.47. The summed E-state index contributed by atoms with van der Waals surface area (Å²) < 4.78 is 46.6. The van der Waals surface area contributed by atoms with E-state index in [1.165, 1.54) is 18.2 Å². The topological polar surface area (TPSA) is 63.7 Å². The predicted molar refractivity (Wildman–Crippen MR) is 96.6 cm³/mol. The Morgan fingerprint density at radius 2 is 2.04 bits per heavy atom. The molecule has 0 radical (unpaired) electrons. The first kappa shape index (κ1) is 18.7. The number of halogens is 2. The second-order valence-electron chi connectivity index (χ2n) is 5.99. The van der Waals surface area contributed by atoms with Crippen LogP contribution in [0.3, 0.4) is 0 Å². The summed E-state index contributed by atoms with van der Waals surface area (Å²) in [4.78, 5) is 11.8. The van der Waals surface area contributed by atoms with E-state index < -0.39 is 27.9 Å². The fraction of sp³-hybridized carbons (Fsp3) is 0.278. The van der Waals surface area contributed by atoms with Gasteiger partial charge < -0.3 is 4.74 Å². The molecule has 0 N–H and O–H groups in total. The number of anilines is 1. The van der Waals surface area contributed by atoms with Crippen molar-refractivity contribution in [1.29, 1.82) is 0 Å². The Kier molecular flexibility index (Phi) is 4.94. The Labute approximate surface area is 156 Å². The van der Waals surface area contributed by atoms with Crippen LogP contribution in [0.5, 0.6) is 0 Å². The molecule has 26 heavy (non-hydrogen) atoms.